The second-order valence-corrected chi connectivity index (χ2v) is 5.76. The molecule has 5 nitrogen and oxygen atoms in total. The fourth-order valence-corrected chi connectivity index (χ4v) is 2.88. The van der Waals surface area contributed by atoms with Crippen molar-refractivity contribution in [1.29, 1.82) is 0 Å². The third kappa shape index (κ3) is 3.40. The van der Waals surface area contributed by atoms with Gasteiger partial charge in [0.1, 0.15) is 11.8 Å². The monoisotopic (exact) mass is 324 g/mol. The van der Waals surface area contributed by atoms with Crippen molar-refractivity contribution in [2.75, 3.05) is 7.11 Å². The number of nitrogens with zero attached hydrogens (tertiary/aromatic N) is 1. The van der Waals surface area contributed by atoms with Gasteiger partial charge < -0.3 is 10.1 Å². The number of ether oxygens (including phenoxy) is 1. The Balaban J connectivity index is 1.65. The predicted molar refractivity (Wildman–Crippen MR) is 90.6 cm³/mol. The number of para-hydroxylation sites is 1. The molecule has 0 radical (unpaired) electrons. The van der Waals surface area contributed by atoms with Crippen LogP contribution in [0, 0.1) is 0 Å². The van der Waals surface area contributed by atoms with E-state index in [1.54, 1.807) is 7.11 Å². The molecule has 0 unspecified atom stereocenters. The molecular formula is C19H20N2O3. The number of nitrogens with one attached hydrogen (secondary N) is 1. The Bertz CT molecular complexity index is 730. The second kappa shape index (κ2) is 7.17. The molecule has 1 fully saturated rings. The smallest absolute Gasteiger partial charge is 0.325 e. The fraction of sp³-hybridized carbons (Fsp3) is 0.263. The molecule has 0 bridgehead atoms. The topological polar surface area (TPSA) is 58.6 Å². The van der Waals surface area contributed by atoms with Gasteiger partial charge in [-0.15, -0.1) is 0 Å². The minimum Gasteiger partial charge on any atom is -0.496 e. The van der Waals surface area contributed by atoms with E-state index in [-0.39, 0.29) is 18.5 Å². The highest BCUT2D eigenvalue weighted by Gasteiger charge is 2.37. The first kappa shape index (κ1) is 16.1. The highest BCUT2D eigenvalue weighted by atomic mass is 16.5. The zero-order valence-corrected chi connectivity index (χ0v) is 13.6. The number of hydrogen-bond acceptors (Lipinski definition) is 3. The third-order valence-electron chi connectivity index (χ3n) is 4.19. The van der Waals surface area contributed by atoms with Crippen LogP contribution in [-0.2, 0) is 17.8 Å². The summed E-state index contributed by atoms with van der Waals surface area (Å²) < 4.78 is 5.29. The van der Waals surface area contributed by atoms with Crippen molar-refractivity contribution in [3.05, 3.63) is 65.7 Å². The lowest BCUT2D eigenvalue weighted by atomic mass is 10.1. The van der Waals surface area contributed by atoms with Gasteiger partial charge in [-0.3, -0.25) is 9.69 Å². The lowest BCUT2D eigenvalue weighted by molar-refractivity contribution is -0.128. The van der Waals surface area contributed by atoms with Crippen LogP contribution in [0.15, 0.2) is 54.6 Å². The van der Waals surface area contributed by atoms with E-state index in [1.807, 2.05) is 54.6 Å². The molecule has 5 heteroatoms. The molecule has 0 aliphatic carbocycles. The molecule has 0 spiro atoms. The van der Waals surface area contributed by atoms with Crippen LogP contribution in [0.3, 0.4) is 0 Å². The summed E-state index contributed by atoms with van der Waals surface area (Å²) in [7, 11) is 1.58. The molecule has 1 heterocycles. The molecule has 3 amide bonds. The maximum absolute atomic E-state index is 12.5. The number of carbonyl (C=O) groups excluding carboxylic acids is 2. The summed E-state index contributed by atoms with van der Waals surface area (Å²) in [6.07, 6.45) is 1.34. The highest BCUT2D eigenvalue weighted by Crippen LogP contribution is 2.22. The van der Waals surface area contributed by atoms with E-state index in [9.17, 15) is 9.59 Å². The average molecular weight is 324 g/mol. The Labute approximate surface area is 141 Å². The second-order valence-electron chi connectivity index (χ2n) is 5.76. The Morgan fingerprint density at radius 3 is 2.50 bits per heavy atom. The molecule has 0 saturated carbocycles. The summed E-state index contributed by atoms with van der Waals surface area (Å²) in [5.74, 6) is 0.493. The Kier molecular flexibility index (Phi) is 4.79. The van der Waals surface area contributed by atoms with Gasteiger partial charge in [0.25, 0.3) is 5.91 Å². The first-order chi connectivity index (χ1) is 11.7. The number of carbonyl (C=O) groups is 2. The fourth-order valence-electron chi connectivity index (χ4n) is 2.88. The zero-order valence-electron chi connectivity index (χ0n) is 13.6. The molecule has 1 N–H and O–H groups in total. The number of methoxy groups -OCH3 is 1. The summed E-state index contributed by atoms with van der Waals surface area (Å²) in [6, 6.07) is 16.5. The summed E-state index contributed by atoms with van der Waals surface area (Å²) in [5, 5.41) is 2.78. The standard InChI is InChI=1S/C19H20N2O3/c1-24-17-10-6-5-9-15(17)13-21-18(22)16(20-19(21)23)12-11-14-7-3-2-4-8-14/h2-10,16H,11-13H2,1H3,(H,20,23)/t16-/m0/s1. The van der Waals surface area contributed by atoms with Crippen molar-refractivity contribution in [3.8, 4) is 5.75 Å². The quantitative estimate of drug-likeness (QED) is 0.831. The minimum absolute atomic E-state index is 0.179. The van der Waals surface area contributed by atoms with Crippen LogP contribution < -0.4 is 10.1 Å². The first-order valence-electron chi connectivity index (χ1n) is 7.96. The van der Waals surface area contributed by atoms with Gasteiger partial charge in [-0.1, -0.05) is 48.5 Å². The lowest BCUT2D eigenvalue weighted by Crippen LogP contribution is -2.31. The number of aryl methyl sites for hydroxylation is 1. The van der Waals surface area contributed by atoms with Crippen molar-refractivity contribution in [1.82, 2.24) is 10.2 Å². The van der Waals surface area contributed by atoms with Crippen molar-refractivity contribution >= 4 is 11.9 Å². The summed E-state index contributed by atoms with van der Waals surface area (Å²) in [4.78, 5) is 26.0. The van der Waals surface area contributed by atoms with Crippen LogP contribution in [0.25, 0.3) is 0 Å². The molecule has 1 atom stereocenters. The van der Waals surface area contributed by atoms with E-state index in [0.29, 0.717) is 12.2 Å². The maximum Gasteiger partial charge on any atom is 0.325 e. The minimum atomic E-state index is -0.465. The van der Waals surface area contributed by atoms with Crippen LogP contribution in [0.5, 0.6) is 5.75 Å². The number of rotatable bonds is 6. The molecular weight excluding hydrogens is 304 g/mol. The molecule has 1 aliphatic rings. The third-order valence-corrected chi connectivity index (χ3v) is 4.19. The molecule has 1 aliphatic heterocycles. The highest BCUT2D eigenvalue weighted by molar-refractivity contribution is 6.04. The number of imide groups is 1. The largest absolute Gasteiger partial charge is 0.496 e. The molecule has 24 heavy (non-hydrogen) atoms. The predicted octanol–water partition coefficient (Wildman–Crippen LogP) is 2.75. The Hall–Kier alpha value is -2.82. The van der Waals surface area contributed by atoms with E-state index in [0.717, 1.165) is 17.5 Å². The van der Waals surface area contributed by atoms with Crippen LogP contribution >= 0.6 is 0 Å². The van der Waals surface area contributed by atoms with Gasteiger partial charge >= 0.3 is 6.03 Å². The van der Waals surface area contributed by atoms with Gasteiger partial charge in [-0.2, -0.15) is 0 Å². The first-order valence-corrected chi connectivity index (χ1v) is 7.96. The van der Waals surface area contributed by atoms with Crippen LogP contribution in [0.4, 0.5) is 4.79 Å². The van der Waals surface area contributed by atoms with Gasteiger partial charge in [0.2, 0.25) is 0 Å². The molecule has 1 saturated heterocycles. The molecule has 2 aromatic rings. The van der Waals surface area contributed by atoms with Gasteiger partial charge in [0.05, 0.1) is 13.7 Å². The summed E-state index contributed by atoms with van der Waals surface area (Å²) in [5.41, 5.74) is 1.97. The number of urea groups is 1. The van der Waals surface area contributed by atoms with Gasteiger partial charge in [-0.05, 0) is 24.5 Å². The van der Waals surface area contributed by atoms with E-state index in [1.165, 1.54) is 4.90 Å². The Morgan fingerprint density at radius 1 is 1.04 bits per heavy atom. The van der Waals surface area contributed by atoms with Crippen molar-refractivity contribution in [3.63, 3.8) is 0 Å². The molecule has 2 aromatic carbocycles. The SMILES string of the molecule is COc1ccccc1CN1C(=O)N[C@@H](CCc2ccccc2)C1=O. The summed E-state index contributed by atoms with van der Waals surface area (Å²) >= 11 is 0. The van der Waals surface area contributed by atoms with Gasteiger partial charge in [0, 0.05) is 5.56 Å². The molecule has 0 aromatic heterocycles. The van der Waals surface area contributed by atoms with Gasteiger partial charge in [0.15, 0.2) is 0 Å². The van der Waals surface area contributed by atoms with E-state index < -0.39 is 6.04 Å². The van der Waals surface area contributed by atoms with E-state index >= 15 is 0 Å². The van der Waals surface area contributed by atoms with Crippen molar-refractivity contribution in [2.45, 2.75) is 25.4 Å². The van der Waals surface area contributed by atoms with Gasteiger partial charge in [-0.25, -0.2) is 4.79 Å². The van der Waals surface area contributed by atoms with Crippen molar-refractivity contribution in [2.24, 2.45) is 0 Å². The normalized spacial score (nSPS) is 17.0. The maximum atomic E-state index is 12.5. The summed E-state index contributed by atoms with van der Waals surface area (Å²) in [6.45, 7) is 0.219. The van der Waals surface area contributed by atoms with Crippen LogP contribution in [0.1, 0.15) is 17.5 Å². The van der Waals surface area contributed by atoms with E-state index in [4.69, 9.17) is 4.74 Å². The zero-order chi connectivity index (χ0) is 16.9. The van der Waals surface area contributed by atoms with Crippen LogP contribution in [0.2, 0.25) is 0 Å². The number of amides is 3. The average Bonchev–Trinajstić information content (AvgIpc) is 2.89. The molecule has 124 valence electrons. The van der Waals surface area contributed by atoms with Crippen molar-refractivity contribution < 1.29 is 14.3 Å². The van der Waals surface area contributed by atoms with E-state index in [2.05, 4.69) is 5.32 Å². The number of benzene rings is 2. The molecule has 3 rings (SSSR count). The number of hydrogen-bond donors (Lipinski definition) is 1. The lowest BCUT2D eigenvalue weighted by Gasteiger charge is -2.15. The van der Waals surface area contributed by atoms with Crippen LogP contribution in [-0.4, -0.2) is 30.0 Å². The Morgan fingerprint density at radius 2 is 1.75 bits per heavy atom.